The van der Waals surface area contributed by atoms with Crippen molar-refractivity contribution in [3.63, 3.8) is 0 Å². The summed E-state index contributed by atoms with van der Waals surface area (Å²) in [6, 6.07) is 1.40. The zero-order valence-electron chi connectivity index (χ0n) is 14.8. The van der Waals surface area contributed by atoms with Crippen molar-refractivity contribution in [2.45, 2.75) is 65.0 Å². The van der Waals surface area contributed by atoms with Crippen LogP contribution in [0.15, 0.2) is 0 Å². The lowest BCUT2D eigenvalue weighted by Gasteiger charge is -2.46. The van der Waals surface area contributed by atoms with Crippen LogP contribution in [0, 0.1) is 17.3 Å². The average Bonchev–Trinajstić information content (AvgIpc) is 2.95. The van der Waals surface area contributed by atoms with E-state index in [-0.39, 0.29) is 0 Å². The number of hydrogen-bond donors (Lipinski definition) is 1. The highest BCUT2D eigenvalue weighted by molar-refractivity contribution is 4.96. The predicted octanol–water partition coefficient (Wildman–Crippen LogP) is 3.15. The lowest BCUT2D eigenvalue weighted by Crippen LogP contribution is -2.53. The molecule has 0 aromatic rings. The van der Waals surface area contributed by atoms with Gasteiger partial charge in [-0.15, -0.1) is 0 Å². The Labute approximate surface area is 131 Å². The van der Waals surface area contributed by atoms with E-state index in [9.17, 15) is 0 Å². The first-order valence-electron chi connectivity index (χ1n) is 8.92. The summed E-state index contributed by atoms with van der Waals surface area (Å²) in [5.74, 6) is 1.62. The minimum absolute atomic E-state index is 0.489. The molecule has 3 heteroatoms. The molecule has 4 atom stereocenters. The minimum atomic E-state index is 0.489. The van der Waals surface area contributed by atoms with Gasteiger partial charge in [-0.1, -0.05) is 27.2 Å². The third-order valence-corrected chi connectivity index (χ3v) is 6.39. The van der Waals surface area contributed by atoms with E-state index >= 15 is 0 Å². The Morgan fingerprint density at radius 3 is 2.62 bits per heavy atom. The van der Waals surface area contributed by atoms with Crippen molar-refractivity contribution in [1.82, 2.24) is 10.2 Å². The summed E-state index contributed by atoms with van der Waals surface area (Å²) in [5, 5.41) is 3.59. The van der Waals surface area contributed by atoms with Crippen LogP contribution in [0.25, 0.3) is 0 Å². The number of ether oxygens (including phenoxy) is 1. The predicted molar refractivity (Wildman–Crippen MR) is 89.6 cm³/mol. The molecule has 3 nitrogen and oxygen atoms in total. The number of likely N-dealkylation sites (N-methyl/N-ethyl adjacent to an activating group) is 1. The standard InChI is InChI=1S/C18H36N2O/c1-6-18(2,3)15-7-8-16(19-4)17(11-15)20-10-9-14(12-20)13-21-5/h14-17,19H,6-13H2,1-5H3. The Kier molecular flexibility index (Phi) is 6.10. The van der Waals surface area contributed by atoms with E-state index in [0.29, 0.717) is 11.5 Å². The molecule has 0 bridgehead atoms. The van der Waals surface area contributed by atoms with E-state index in [1.54, 1.807) is 0 Å². The molecule has 21 heavy (non-hydrogen) atoms. The average molecular weight is 296 g/mol. The summed E-state index contributed by atoms with van der Waals surface area (Å²) in [6.07, 6.45) is 6.69. The van der Waals surface area contributed by atoms with Crippen molar-refractivity contribution < 1.29 is 4.74 Å². The van der Waals surface area contributed by atoms with Gasteiger partial charge in [-0.2, -0.15) is 0 Å². The van der Waals surface area contributed by atoms with Crippen molar-refractivity contribution in [3.05, 3.63) is 0 Å². The Morgan fingerprint density at radius 2 is 2.00 bits per heavy atom. The fourth-order valence-corrected chi connectivity index (χ4v) is 4.42. The Hall–Kier alpha value is -0.120. The molecule has 0 spiro atoms. The summed E-state index contributed by atoms with van der Waals surface area (Å²) >= 11 is 0. The SMILES string of the molecule is CCC(C)(C)C1CCC(NC)C(N2CCC(COC)C2)C1. The first kappa shape index (κ1) is 17.2. The van der Waals surface area contributed by atoms with Crippen LogP contribution in [0.3, 0.4) is 0 Å². The van der Waals surface area contributed by atoms with Gasteiger partial charge in [0.05, 0.1) is 6.61 Å². The number of nitrogens with one attached hydrogen (secondary N) is 1. The molecule has 1 saturated heterocycles. The Bertz CT molecular complexity index is 318. The van der Waals surface area contributed by atoms with Gasteiger partial charge in [0, 0.05) is 25.7 Å². The monoisotopic (exact) mass is 296 g/mol. The summed E-state index contributed by atoms with van der Waals surface area (Å²) in [7, 11) is 3.98. The maximum Gasteiger partial charge on any atom is 0.0503 e. The van der Waals surface area contributed by atoms with Crippen molar-refractivity contribution in [1.29, 1.82) is 0 Å². The number of hydrogen-bond acceptors (Lipinski definition) is 3. The van der Waals surface area contributed by atoms with Crippen molar-refractivity contribution in [3.8, 4) is 0 Å². The van der Waals surface area contributed by atoms with Gasteiger partial charge in [0.25, 0.3) is 0 Å². The molecule has 4 unspecified atom stereocenters. The second-order valence-electron chi connectivity index (χ2n) is 7.92. The van der Waals surface area contributed by atoms with Crippen LogP contribution < -0.4 is 5.32 Å². The quantitative estimate of drug-likeness (QED) is 0.815. The summed E-state index contributed by atoms with van der Waals surface area (Å²) in [5.41, 5.74) is 0.489. The maximum atomic E-state index is 5.37. The van der Waals surface area contributed by atoms with Gasteiger partial charge in [-0.3, -0.25) is 4.90 Å². The molecule has 124 valence electrons. The molecular formula is C18H36N2O. The zero-order chi connectivity index (χ0) is 15.5. The highest BCUT2D eigenvalue weighted by Gasteiger charge is 2.40. The molecule has 2 fully saturated rings. The molecule has 0 radical (unpaired) electrons. The lowest BCUT2D eigenvalue weighted by atomic mass is 9.67. The van der Waals surface area contributed by atoms with Crippen LogP contribution in [0.1, 0.15) is 52.9 Å². The Balaban J connectivity index is 2.00. The number of methoxy groups -OCH3 is 1. The number of nitrogens with zero attached hydrogens (tertiary/aromatic N) is 1. The molecule has 0 amide bonds. The van der Waals surface area contributed by atoms with Gasteiger partial charge >= 0.3 is 0 Å². The minimum Gasteiger partial charge on any atom is -0.384 e. The largest absolute Gasteiger partial charge is 0.384 e. The lowest BCUT2D eigenvalue weighted by molar-refractivity contribution is 0.0587. The highest BCUT2D eigenvalue weighted by atomic mass is 16.5. The molecule has 1 heterocycles. The van der Waals surface area contributed by atoms with E-state index < -0.39 is 0 Å². The summed E-state index contributed by atoms with van der Waals surface area (Å²) in [6.45, 7) is 10.7. The second-order valence-corrected chi connectivity index (χ2v) is 7.92. The third kappa shape index (κ3) is 4.00. The fourth-order valence-electron chi connectivity index (χ4n) is 4.42. The van der Waals surface area contributed by atoms with Crippen LogP contribution in [0.2, 0.25) is 0 Å². The van der Waals surface area contributed by atoms with Crippen molar-refractivity contribution in [2.24, 2.45) is 17.3 Å². The van der Waals surface area contributed by atoms with Crippen LogP contribution in [-0.2, 0) is 4.74 Å². The first-order valence-corrected chi connectivity index (χ1v) is 8.92. The smallest absolute Gasteiger partial charge is 0.0503 e. The molecule has 1 saturated carbocycles. The summed E-state index contributed by atoms with van der Waals surface area (Å²) < 4.78 is 5.37. The van der Waals surface area contributed by atoms with Gasteiger partial charge in [-0.05, 0) is 56.5 Å². The van der Waals surface area contributed by atoms with E-state index in [0.717, 1.165) is 24.5 Å². The van der Waals surface area contributed by atoms with E-state index in [1.807, 2.05) is 7.11 Å². The highest BCUT2D eigenvalue weighted by Crippen LogP contribution is 2.42. The molecule has 0 aromatic carbocycles. The van der Waals surface area contributed by atoms with Crippen LogP contribution in [-0.4, -0.2) is 50.8 Å². The van der Waals surface area contributed by atoms with Gasteiger partial charge in [0.15, 0.2) is 0 Å². The van der Waals surface area contributed by atoms with E-state index in [1.165, 1.54) is 45.2 Å². The molecular weight excluding hydrogens is 260 g/mol. The van der Waals surface area contributed by atoms with Gasteiger partial charge in [0.1, 0.15) is 0 Å². The maximum absolute atomic E-state index is 5.37. The molecule has 2 aliphatic rings. The molecule has 1 aliphatic heterocycles. The second kappa shape index (κ2) is 7.43. The van der Waals surface area contributed by atoms with Gasteiger partial charge < -0.3 is 10.1 Å². The molecule has 1 N–H and O–H groups in total. The first-order chi connectivity index (χ1) is 10.0. The number of likely N-dealkylation sites (tertiary alicyclic amines) is 1. The van der Waals surface area contributed by atoms with Crippen molar-refractivity contribution >= 4 is 0 Å². The Morgan fingerprint density at radius 1 is 1.24 bits per heavy atom. The molecule has 1 aliphatic carbocycles. The molecule has 2 rings (SSSR count). The third-order valence-electron chi connectivity index (χ3n) is 6.39. The van der Waals surface area contributed by atoms with E-state index in [4.69, 9.17) is 4.74 Å². The van der Waals surface area contributed by atoms with Crippen LogP contribution in [0.5, 0.6) is 0 Å². The topological polar surface area (TPSA) is 24.5 Å². The van der Waals surface area contributed by atoms with E-state index in [2.05, 4.69) is 38.0 Å². The fraction of sp³-hybridized carbons (Fsp3) is 1.00. The van der Waals surface area contributed by atoms with Crippen LogP contribution >= 0.6 is 0 Å². The van der Waals surface area contributed by atoms with Crippen LogP contribution in [0.4, 0.5) is 0 Å². The zero-order valence-corrected chi connectivity index (χ0v) is 14.8. The molecule has 0 aromatic heterocycles. The van der Waals surface area contributed by atoms with Gasteiger partial charge in [0.2, 0.25) is 0 Å². The normalized spacial score (nSPS) is 35.3. The van der Waals surface area contributed by atoms with Gasteiger partial charge in [-0.25, -0.2) is 0 Å². The van der Waals surface area contributed by atoms with Crippen molar-refractivity contribution in [2.75, 3.05) is 33.9 Å². The summed E-state index contributed by atoms with van der Waals surface area (Å²) in [4.78, 5) is 2.75. The number of rotatable bonds is 6.